The first-order chi connectivity index (χ1) is 7.81. The van der Waals surface area contributed by atoms with Crippen LogP contribution in [0.25, 0.3) is 0 Å². The van der Waals surface area contributed by atoms with E-state index in [4.69, 9.17) is 5.73 Å². The third-order valence-corrected chi connectivity index (χ3v) is 4.66. The van der Waals surface area contributed by atoms with E-state index in [2.05, 4.69) is 24.3 Å². The van der Waals surface area contributed by atoms with Gasteiger partial charge >= 0.3 is 0 Å². The lowest BCUT2D eigenvalue weighted by Crippen LogP contribution is -2.43. The Balaban J connectivity index is 1.94. The Morgan fingerprint density at radius 3 is 2.62 bits per heavy atom. The molecule has 2 N–H and O–H groups in total. The van der Waals surface area contributed by atoms with Gasteiger partial charge in [-0.1, -0.05) is 43.5 Å². The van der Waals surface area contributed by atoms with E-state index in [0.29, 0.717) is 0 Å². The first-order valence-corrected chi connectivity index (χ1v) is 6.68. The molecule has 0 aromatic heterocycles. The molecule has 3 rings (SSSR count). The van der Waals surface area contributed by atoms with E-state index in [1.54, 1.807) is 0 Å². The minimum atomic E-state index is -0.00296. The van der Waals surface area contributed by atoms with Gasteiger partial charge < -0.3 is 5.73 Å². The molecule has 0 saturated heterocycles. The highest BCUT2D eigenvalue weighted by atomic mass is 14.8. The number of benzene rings is 1. The molecule has 1 aromatic carbocycles. The second-order valence-electron chi connectivity index (χ2n) is 5.53. The van der Waals surface area contributed by atoms with Gasteiger partial charge in [-0.05, 0) is 42.7 Å². The summed E-state index contributed by atoms with van der Waals surface area (Å²) in [5.41, 5.74) is 9.68. The van der Waals surface area contributed by atoms with Gasteiger partial charge in [0, 0.05) is 5.54 Å². The summed E-state index contributed by atoms with van der Waals surface area (Å²) < 4.78 is 0. The van der Waals surface area contributed by atoms with Crippen molar-refractivity contribution in [2.75, 3.05) is 0 Å². The van der Waals surface area contributed by atoms with Crippen molar-refractivity contribution in [3.63, 3.8) is 0 Å². The van der Waals surface area contributed by atoms with Crippen LogP contribution in [-0.2, 0) is 12.0 Å². The average molecular weight is 215 g/mol. The Morgan fingerprint density at radius 1 is 1.06 bits per heavy atom. The summed E-state index contributed by atoms with van der Waals surface area (Å²) in [5.74, 6) is 0.727. The highest BCUT2D eigenvalue weighted by Crippen LogP contribution is 2.45. The van der Waals surface area contributed by atoms with Crippen molar-refractivity contribution in [1.29, 1.82) is 0 Å². The van der Waals surface area contributed by atoms with Gasteiger partial charge in [-0.3, -0.25) is 0 Å². The lowest BCUT2D eigenvalue weighted by molar-refractivity contribution is 0.206. The second kappa shape index (κ2) is 3.89. The highest BCUT2D eigenvalue weighted by molar-refractivity contribution is 5.39. The maximum absolute atomic E-state index is 6.75. The molecule has 16 heavy (non-hydrogen) atoms. The standard InChI is InChI=1S/C15H21N/c16-15(13-7-2-1-3-8-13)11-10-12-6-4-5-9-14(12)15/h4-6,9,13H,1-3,7-8,10-11,16H2. The molecule has 0 aliphatic heterocycles. The number of aryl methyl sites for hydroxylation is 1. The molecule has 2 aliphatic carbocycles. The minimum absolute atomic E-state index is 0.00296. The highest BCUT2D eigenvalue weighted by Gasteiger charge is 2.41. The van der Waals surface area contributed by atoms with Crippen LogP contribution in [0.5, 0.6) is 0 Å². The van der Waals surface area contributed by atoms with E-state index in [9.17, 15) is 0 Å². The number of hydrogen-bond acceptors (Lipinski definition) is 1. The molecule has 1 unspecified atom stereocenters. The second-order valence-corrected chi connectivity index (χ2v) is 5.53. The molecule has 1 nitrogen and oxygen atoms in total. The van der Waals surface area contributed by atoms with E-state index >= 15 is 0 Å². The molecule has 1 heteroatoms. The zero-order valence-corrected chi connectivity index (χ0v) is 9.91. The summed E-state index contributed by atoms with van der Waals surface area (Å²) in [6.45, 7) is 0. The number of nitrogens with two attached hydrogens (primary N) is 1. The molecule has 1 saturated carbocycles. The maximum Gasteiger partial charge on any atom is 0.0444 e. The van der Waals surface area contributed by atoms with Crippen molar-refractivity contribution >= 4 is 0 Å². The number of rotatable bonds is 1. The molecular formula is C15H21N. The SMILES string of the molecule is NC1(C2CCCCC2)CCc2ccccc21. The monoisotopic (exact) mass is 215 g/mol. The number of fused-ring (bicyclic) bond motifs is 1. The summed E-state index contributed by atoms with van der Waals surface area (Å²) in [4.78, 5) is 0. The topological polar surface area (TPSA) is 26.0 Å². The summed E-state index contributed by atoms with van der Waals surface area (Å²) >= 11 is 0. The molecule has 0 bridgehead atoms. The molecule has 0 heterocycles. The van der Waals surface area contributed by atoms with Crippen LogP contribution in [0.4, 0.5) is 0 Å². The largest absolute Gasteiger partial charge is 0.321 e. The molecule has 0 amide bonds. The van der Waals surface area contributed by atoms with Crippen LogP contribution >= 0.6 is 0 Å². The average Bonchev–Trinajstić information content (AvgIpc) is 2.71. The van der Waals surface area contributed by atoms with E-state index in [0.717, 1.165) is 12.3 Å². The lowest BCUT2D eigenvalue weighted by Gasteiger charge is -2.37. The van der Waals surface area contributed by atoms with Crippen LogP contribution in [0, 0.1) is 5.92 Å². The fourth-order valence-corrected chi connectivity index (χ4v) is 3.71. The molecule has 1 aromatic rings. The zero-order valence-electron chi connectivity index (χ0n) is 9.91. The number of hydrogen-bond donors (Lipinski definition) is 1. The fourth-order valence-electron chi connectivity index (χ4n) is 3.71. The van der Waals surface area contributed by atoms with Crippen LogP contribution in [-0.4, -0.2) is 0 Å². The lowest BCUT2D eigenvalue weighted by atomic mass is 9.72. The summed E-state index contributed by atoms with van der Waals surface area (Å²) in [7, 11) is 0. The molecule has 0 radical (unpaired) electrons. The Hall–Kier alpha value is -0.820. The third kappa shape index (κ3) is 1.49. The van der Waals surface area contributed by atoms with Gasteiger partial charge in [0.25, 0.3) is 0 Å². The van der Waals surface area contributed by atoms with Crippen molar-refractivity contribution in [3.05, 3.63) is 35.4 Å². The molecular weight excluding hydrogens is 194 g/mol. The van der Waals surface area contributed by atoms with Crippen molar-refractivity contribution in [1.82, 2.24) is 0 Å². The third-order valence-electron chi connectivity index (χ3n) is 4.66. The summed E-state index contributed by atoms with van der Waals surface area (Å²) in [6.07, 6.45) is 9.20. The van der Waals surface area contributed by atoms with Crippen molar-refractivity contribution in [3.8, 4) is 0 Å². The van der Waals surface area contributed by atoms with E-state index in [1.807, 2.05) is 0 Å². The van der Waals surface area contributed by atoms with E-state index in [-0.39, 0.29) is 5.54 Å². The molecule has 1 fully saturated rings. The van der Waals surface area contributed by atoms with Gasteiger partial charge in [-0.2, -0.15) is 0 Å². The Bertz CT molecular complexity index is 379. The van der Waals surface area contributed by atoms with Crippen molar-refractivity contribution in [2.24, 2.45) is 11.7 Å². The zero-order chi connectivity index (χ0) is 11.0. The van der Waals surface area contributed by atoms with Gasteiger partial charge in [0.1, 0.15) is 0 Å². The maximum atomic E-state index is 6.75. The smallest absolute Gasteiger partial charge is 0.0444 e. The van der Waals surface area contributed by atoms with Crippen molar-refractivity contribution in [2.45, 2.75) is 50.5 Å². The predicted octanol–water partition coefficient (Wildman–Crippen LogP) is 3.37. The van der Waals surface area contributed by atoms with Crippen molar-refractivity contribution < 1.29 is 0 Å². The van der Waals surface area contributed by atoms with Gasteiger partial charge in [0.05, 0.1) is 0 Å². The normalized spacial score (nSPS) is 30.3. The van der Waals surface area contributed by atoms with Crippen LogP contribution in [0.15, 0.2) is 24.3 Å². The van der Waals surface area contributed by atoms with Crippen LogP contribution in [0.3, 0.4) is 0 Å². The predicted molar refractivity (Wildman–Crippen MR) is 67.2 cm³/mol. The summed E-state index contributed by atoms with van der Waals surface area (Å²) in [5, 5.41) is 0. The Morgan fingerprint density at radius 2 is 1.81 bits per heavy atom. The van der Waals surface area contributed by atoms with Gasteiger partial charge in [0.15, 0.2) is 0 Å². The van der Waals surface area contributed by atoms with Crippen LogP contribution < -0.4 is 5.73 Å². The van der Waals surface area contributed by atoms with Crippen LogP contribution in [0.2, 0.25) is 0 Å². The molecule has 86 valence electrons. The van der Waals surface area contributed by atoms with Gasteiger partial charge in [-0.25, -0.2) is 0 Å². The summed E-state index contributed by atoms with van der Waals surface area (Å²) in [6, 6.07) is 8.81. The minimum Gasteiger partial charge on any atom is -0.321 e. The van der Waals surface area contributed by atoms with E-state index in [1.165, 1.54) is 49.7 Å². The first-order valence-electron chi connectivity index (χ1n) is 6.68. The quantitative estimate of drug-likeness (QED) is 0.763. The van der Waals surface area contributed by atoms with E-state index < -0.39 is 0 Å². The molecule has 1 atom stereocenters. The molecule has 0 spiro atoms. The molecule has 2 aliphatic rings. The Labute approximate surface area is 98.0 Å². The van der Waals surface area contributed by atoms with Gasteiger partial charge in [0.2, 0.25) is 0 Å². The van der Waals surface area contributed by atoms with Gasteiger partial charge in [-0.15, -0.1) is 0 Å². The van der Waals surface area contributed by atoms with Crippen LogP contribution in [0.1, 0.15) is 49.7 Å². The first kappa shape index (κ1) is 10.3. The fraction of sp³-hybridized carbons (Fsp3) is 0.600. The Kier molecular flexibility index (Phi) is 2.51.